The number of aliphatic hydroxyl groups excluding tert-OH is 1. The van der Waals surface area contributed by atoms with E-state index in [4.69, 9.17) is 0 Å². The number of rotatable bonds is 3. The summed E-state index contributed by atoms with van der Waals surface area (Å²) >= 11 is 3.13. The second-order valence-corrected chi connectivity index (χ2v) is 8.76. The number of fused-ring (bicyclic) bond motifs is 1. The van der Waals surface area contributed by atoms with E-state index in [9.17, 15) is 13.5 Å². The van der Waals surface area contributed by atoms with Crippen LogP contribution >= 0.6 is 23.1 Å². The van der Waals surface area contributed by atoms with Crippen LogP contribution in [0.15, 0.2) is 29.2 Å². The zero-order valence-corrected chi connectivity index (χ0v) is 13.2. The van der Waals surface area contributed by atoms with E-state index in [-0.39, 0.29) is 6.61 Å². The van der Waals surface area contributed by atoms with Crippen LogP contribution in [0.25, 0.3) is 10.1 Å². The van der Waals surface area contributed by atoms with Gasteiger partial charge in [0.2, 0.25) is 10.0 Å². The van der Waals surface area contributed by atoms with Gasteiger partial charge in [-0.25, -0.2) is 8.42 Å². The van der Waals surface area contributed by atoms with E-state index in [1.54, 1.807) is 11.8 Å². The largest absolute Gasteiger partial charge is 0.391 e. The lowest BCUT2D eigenvalue weighted by Gasteiger charge is -2.25. The monoisotopic (exact) mass is 329 g/mol. The number of benzene rings is 1. The predicted octanol–water partition coefficient (Wildman–Crippen LogP) is 2.13. The first-order valence-electron chi connectivity index (χ1n) is 6.34. The highest BCUT2D eigenvalue weighted by molar-refractivity contribution is 7.99. The smallest absolute Gasteiger partial charge is 0.244 e. The van der Waals surface area contributed by atoms with E-state index in [1.807, 2.05) is 24.3 Å². The van der Waals surface area contributed by atoms with Gasteiger partial charge >= 0.3 is 0 Å². The summed E-state index contributed by atoms with van der Waals surface area (Å²) in [6.07, 6.45) is 0. The second kappa shape index (κ2) is 5.65. The number of sulfonamides is 1. The fourth-order valence-electron chi connectivity index (χ4n) is 2.38. The molecule has 108 valence electrons. The first kappa shape index (κ1) is 14.3. The highest BCUT2D eigenvalue weighted by Crippen LogP contribution is 2.36. The van der Waals surface area contributed by atoms with Crippen LogP contribution in [0.5, 0.6) is 0 Å². The van der Waals surface area contributed by atoms with E-state index >= 15 is 0 Å². The van der Waals surface area contributed by atoms with E-state index in [0.717, 1.165) is 21.6 Å². The molecular formula is C13H15NO3S3. The lowest BCUT2D eigenvalue weighted by molar-refractivity contribution is 0.282. The number of hydrogen-bond donors (Lipinski definition) is 1. The van der Waals surface area contributed by atoms with Gasteiger partial charge in [0.1, 0.15) is 4.90 Å². The van der Waals surface area contributed by atoms with Crippen LogP contribution < -0.4 is 0 Å². The molecule has 0 aliphatic carbocycles. The van der Waals surface area contributed by atoms with Gasteiger partial charge < -0.3 is 5.11 Å². The van der Waals surface area contributed by atoms with Gasteiger partial charge in [0.15, 0.2) is 0 Å². The molecule has 2 aromatic rings. The van der Waals surface area contributed by atoms with E-state index in [0.29, 0.717) is 22.9 Å². The van der Waals surface area contributed by atoms with Crippen molar-refractivity contribution < 1.29 is 13.5 Å². The third kappa shape index (κ3) is 2.37. The molecule has 1 N–H and O–H groups in total. The van der Waals surface area contributed by atoms with Crippen LogP contribution in [0.1, 0.15) is 4.88 Å². The Morgan fingerprint density at radius 2 is 1.90 bits per heavy atom. The van der Waals surface area contributed by atoms with Crippen LogP contribution in [-0.4, -0.2) is 42.4 Å². The Kier molecular flexibility index (Phi) is 4.05. The SMILES string of the molecule is O=S(=O)(c1c(CO)sc2ccccc12)N1CCSCC1. The van der Waals surface area contributed by atoms with Gasteiger partial charge in [0.25, 0.3) is 0 Å². The molecule has 0 amide bonds. The molecule has 1 aliphatic heterocycles. The van der Waals surface area contributed by atoms with Gasteiger partial charge in [-0.05, 0) is 6.07 Å². The van der Waals surface area contributed by atoms with Crippen molar-refractivity contribution in [2.24, 2.45) is 0 Å². The van der Waals surface area contributed by atoms with Crippen molar-refractivity contribution in [3.8, 4) is 0 Å². The van der Waals surface area contributed by atoms with Crippen LogP contribution in [0.2, 0.25) is 0 Å². The summed E-state index contributed by atoms with van der Waals surface area (Å²) in [6, 6.07) is 7.43. The molecule has 0 spiro atoms. The number of thioether (sulfide) groups is 1. The Morgan fingerprint density at radius 3 is 2.60 bits per heavy atom. The van der Waals surface area contributed by atoms with Crippen LogP contribution in [0, 0.1) is 0 Å². The van der Waals surface area contributed by atoms with Crippen molar-refractivity contribution in [1.29, 1.82) is 0 Å². The summed E-state index contributed by atoms with van der Waals surface area (Å²) < 4.78 is 28.2. The van der Waals surface area contributed by atoms with Crippen molar-refractivity contribution in [1.82, 2.24) is 4.31 Å². The fourth-order valence-corrected chi connectivity index (χ4v) is 6.70. The number of nitrogens with zero attached hydrogens (tertiary/aromatic N) is 1. The third-order valence-electron chi connectivity index (χ3n) is 3.33. The van der Waals surface area contributed by atoms with Crippen LogP contribution in [0.3, 0.4) is 0 Å². The highest BCUT2D eigenvalue weighted by Gasteiger charge is 2.31. The first-order valence-corrected chi connectivity index (χ1v) is 9.75. The van der Waals surface area contributed by atoms with Crippen molar-refractivity contribution >= 4 is 43.2 Å². The van der Waals surface area contributed by atoms with Gasteiger partial charge in [0.05, 0.1) is 11.5 Å². The molecule has 2 heterocycles. The lowest BCUT2D eigenvalue weighted by atomic mass is 10.2. The van der Waals surface area contributed by atoms with E-state index in [1.165, 1.54) is 15.6 Å². The molecule has 3 rings (SSSR count). The van der Waals surface area contributed by atoms with Crippen LogP contribution in [0.4, 0.5) is 0 Å². The number of aliphatic hydroxyl groups is 1. The molecule has 7 heteroatoms. The van der Waals surface area contributed by atoms with Gasteiger partial charge in [-0.1, -0.05) is 18.2 Å². The minimum Gasteiger partial charge on any atom is -0.391 e. The van der Waals surface area contributed by atoms with Crippen molar-refractivity contribution in [3.05, 3.63) is 29.1 Å². The fraction of sp³-hybridized carbons (Fsp3) is 0.385. The summed E-state index contributed by atoms with van der Waals surface area (Å²) in [6.45, 7) is 0.848. The second-order valence-electron chi connectivity index (χ2n) is 4.53. The summed E-state index contributed by atoms with van der Waals surface area (Å²) in [4.78, 5) is 0.830. The maximum absolute atomic E-state index is 12.9. The molecule has 1 aromatic carbocycles. The minimum atomic E-state index is -3.52. The van der Waals surface area contributed by atoms with Gasteiger partial charge in [-0.15, -0.1) is 11.3 Å². The standard InChI is InChI=1S/C13H15NO3S3/c15-9-12-13(10-3-1-2-4-11(10)19-12)20(16,17)14-5-7-18-8-6-14/h1-4,15H,5-9H2. The summed E-state index contributed by atoms with van der Waals surface area (Å²) in [5.41, 5.74) is 0. The Bertz CT molecular complexity index is 718. The van der Waals surface area contributed by atoms with Gasteiger partial charge in [0, 0.05) is 34.7 Å². The summed E-state index contributed by atoms with van der Waals surface area (Å²) in [5, 5.41) is 10.2. The molecule has 4 nitrogen and oxygen atoms in total. The molecule has 1 aromatic heterocycles. The molecule has 1 fully saturated rings. The first-order chi connectivity index (χ1) is 9.64. The maximum Gasteiger partial charge on any atom is 0.244 e. The number of thiophene rings is 1. The minimum absolute atomic E-state index is 0.240. The Morgan fingerprint density at radius 1 is 1.20 bits per heavy atom. The zero-order chi connectivity index (χ0) is 14.2. The maximum atomic E-state index is 12.9. The molecule has 0 atom stereocenters. The van der Waals surface area contributed by atoms with Gasteiger partial charge in [-0.2, -0.15) is 16.1 Å². The molecule has 1 aliphatic rings. The Labute approximate surface area is 126 Å². The Hall–Kier alpha value is -0.600. The molecule has 0 unspecified atom stereocenters. The van der Waals surface area contributed by atoms with Gasteiger partial charge in [-0.3, -0.25) is 0 Å². The van der Waals surface area contributed by atoms with Crippen molar-refractivity contribution in [2.75, 3.05) is 24.6 Å². The van der Waals surface area contributed by atoms with E-state index in [2.05, 4.69) is 0 Å². The molecular weight excluding hydrogens is 314 g/mol. The highest BCUT2D eigenvalue weighted by atomic mass is 32.2. The lowest BCUT2D eigenvalue weighted by Crippen LogP contribution is -2.38. The molecule has 20 heavy (non-hydrogen) atoms. The average Bonchev–Trinajstić information content (AvgIpc) is 2.87. The predicted molar refractivity (Wildman–Crippen MR) is 83.8 cm³/mol. The molecule has 0 radical (unpaired) electrons. The van der Waals surface area contributed by atoms with Crippen molar-refractivity contribution in [2.45, 2.75) is 11.5 Å². The van der Waals surface area contributed by atoms with Crippen LogP contribution in [-0.2, 0) is 16.6 Å². The Balaban J connectivity index is 2.17. The quantitative estimate of drug-likeness (QED) is 0.937. The molecule has 0 saturated carbocycles. The topological polar surface area (TPSA) is 57.6 Å². The number of hydrogen-bond acceptors (Lipinski definition) is 5. The van der Waals surface area contributed by atoms with E-state index < -0.39 is 10.0 Å². The zero-order valence-electron chi connectivity index (χ0n) is 10.8. The summed E-state index contributed by atoms with van der Waals surface area (Å²) in [7, 11) is -3.52. The molecule has 0 bridgehead atoms. The third-order valence-corrected chi connectivity index (χ3v) is 7.58. The molecule has 1 saturated heterocycles. The van der Waals surface area contributed by atoms with Crippen molar-refractivity contribution in [3.63, 3.8) is 0 Å². The average molecular weight is 329 g/mol. The normalized spacial score (nSPS) is 17.6. The summed E-state index contributed by atoms with van der Waals surface area (Å²) in [5.74, 6) is 1.66.